The molecule has 3 fully saturated rings. The normalized spacial score (nSPS) is 48.3. The van der Waals surface area contributed by atoms with Crippen molar-refractivity contribution in [2.24, 2.45) is 39.4 Å². The van der Waals surface area contributed by atoms with E-state index < -0.39 is 5.92 Å². The van der Waals surface area contributed by atoms with Crippen molar-refractivity contribution in [2.45, 2.75) is 79.2 Å². The molecule has 0 bridgehead atoms. The molecule has 3 nitrogen and oxygen atoms in total. The molecule has 3 heteroatoms. The van der Waals surface area contributed by atoms with Gasteiger partial charge in [0.2, 0.25) is 0 Å². The summed E-state index contributed by atoms with van der Waals surface area (Å²) in [6.07, 6.45) is 7.17. The number of hydrogen-bond acceptors (Lipinski definition) is 3. The highest BCUT2D eigenvalue weighted by Gasteiger charge is 2.68. The molecular formula is C22H34N2O. The molecule has 0 saturated heterocycles. The fraction of sp³-hybridized carbons (Fsp3) is 0.909. The van der Waals surface area contributed by atoms with Crippen LogP contribution in [-0.2, 0) is 4.74 Å². The molecule has 6 atom stereocenters. The fourth-order valence-corrected chi connectivity index (χ4v) is 7.80. The van der Waals surface area contributed by atoms with Gasteiger partial charge < -0.3 is 4.74 Å². The Bertz CT molecular complexity index is 615. The molecule has 138 valence electrons. The molecule has 3 rings (SSSR count). The molecule has 25 heavy (non-hydrogen) atoms. The van der Waals surface area contributed by atoms with Gasteiger partial charge >= 0.3 is 0 Å². The van der Waals surface area contributed by atoms with Gasteiger partial charge in [0.25, 0.3) is 0 Å². The number of fused-ring (bicyclic) bond motifs is 3. The van der Waals surface area contributed by atoms with Crippen LogP contribution in [-0.4, -0.2) is 13.2 Å². The molecule has 3 aliphatic carbocycles. The van der Waals surface area contributed by atoms with Gasteiger partial charge in [-0.05, 0) is 66.6 Å². The third-order valence-corrected chi connectivity index (χ3v) is 9.42. The van der Waals surface area contributed by atoms with E-state index >= 15 is 0 Å². The second-order valence-electron chi connectivity index (χ2n) is 10.3. The fourth-order valence-electron chi connectivity index (χ4n) is 7.80. The first-order valence-electron chi connectivity index (χ1n) is 9.94. The first-order valence-corrected chi connectivity index (χ1v) is 9.94. The van der Waals surface area contributed by atoms with Gasteiger partial charge in [-0.2, -0.15) is 10.5 Å². The third-order valence-electron chi connectivity index (χ3n) is 9.42. The number of rotatable bonds is 2. The van der Waals surface area contributed by atoms with Crippen LogP contribution in [0.2, 0.25) is 0 Å². The second-order valence-corrected chi connectivity index (χ2v) is 10.3. The molecule has 0 heterocycles. The zero-order valence-corrected chi connectivity index (χ0v) is 16.9. The summed E-state index contributed by atoms with van der Waals surface area (Å²) >= 11 is 0. The Morgan fingerprint density at radius 2 is 1.48 bits per heavy atom. The zero-order valence-electron chi connectivity index (χ0n) is 16.9. The molecule has 0 aromatic rings. The Morgan fingerprint density at radius 1 is 0.880 bits per heavy atom. The highest BCUT2D eigenvalue weighted by molar-refractivity contribution is 5.21. The van der Waals surface area contributed by atoms with E-state index in [1.165, 1.54) is 12.8 Å². The minimum atomic E-state index is -0.494. The van der Waals surface area contributed by atoms with E-state index in [4.69, 9.17) is 4.74 Å². The molecule has 3 saturated carbocycles. The van der Waals surface area contributed by atoms with Crippen molar-refractivity contribution >= 4 is 0 Å². The van der Waals surface area contributed by atoms with Crippen LogP contribution in [0.1, 0.15) is 73.1 Å². The van der Waals surface area contributed by atoms with Crippen molar-refractivity contribution < 1.29 is 4.74 Å². The quantitative estimate of drug-likeness (QED) is 0.682. The predicted octanol–water partition coefficient (Wildman–Crippen LogP) is 5.32. The van der Waals surface area contributed by atoms with E-state index in [1.807, 2.05) is 7.11 Å². The number of hydrogen-bond donors (Lipinski definition) is 0. The standard InChI is InChI=1S/C22H34N2O/c1-19(2)16-7-12-22(5)17(20(16,3)10-9-18(19)25-6)8-11-21(22,4)15(13-23)14-24/h15-18H,7-12H2,1-6H3/t16-,17+,18-,20-,21+,22+/m0/s1. The summed E-state index contributed by atoms with van der Waals surface area (Å²) in [7, 11) is 1.86. The van der Waals surface area contributed by atoms with E-state index in [-0.39, 0.29) is 16.2 Å². The van der Waals surface area contributed by atoms with Crippen molar-refractivity contribution in [3.8, 4) is 12.1 Å². The van der Waals surface area contributed by atoms with E-state index in [0.717, 1.165) is 25.7 Å². The lowest BCUT2D eigenvalue weighted by Crippen LogP contribution is -2.59. The van der Waals surface area contributed by atoms with Gasteiger partial charge in [0.1, 0.15) is 5.92 Å². The number of methoxy groups -OCH3 is 1. The van der Waals surface area contributed by atoms with Crippen LogP contribution in [0.4, 0.5) is 0 Å². The molecular weight excluding hydrogens is 308 g/mol. The lowest BCUT2D eigenvalue weighted by atomic mass is 9.41. The molecule has 0 aromatic heterocycles. The van der Waals surface area contributed by atoms with Crippen LogP contribution in [0.25, 0.3) is 0 Å². The summed E-state index contributed by atoms with van der Waals surface area (Å²) in [6.45, 7) is 11.9. The van der Waals surface area contributed by atoms with Crippen molar-refractivity contribution in [1.29, 1.82) is 10.5 Å². The maximum atomic E-state index is 9.61. The number of ether oxygens (including phenoxy) is 1. The molecule has 0 aliphatic heterocycles. The Morgan fingerprint density at radius 3 is 2.04 bits per heavy atom. The van der Waals surface area contributed by atoms with Crippen LogP contribution in [0.15, 0.2) is 0 Å². The smallest absolute Gasteiger partial charge is 0.139 e. The largest absolute Gasteiger partial charge is 0.381 e. The second kappa shape index (κ2) is 5.72. The van der Waals surface area contributed by atoms with Gasteiger partial charge in [-0.25, -0.2) is 0 Å². The highest BCUT2D eigenvalue weighted by Crippen LogP contribution is 2.74. The van der Waals surface area contributed by atoms with Crippen LogP contribution >= 0.6 is 0 Å². The summed E-state index contributed by atoms with van der Waals surface area (Å²) in [5.74, 6) is 0.762. The highest BCUT2D eigenvalue weighted by atomic mass is 16.5. The maximum absolute atomic E-state index is 9.61. The van der Waals surface area contributed by atoms with Gasteiger partial charge in [0.15, 0.2) is 0 Å². The number of nitrogens with zero attached hydrogens (tertiary/aromatic N) is 2. The summed E-state index contributed by atoms with van der Waals surface area (Å²) < 4.78 is 5.86. The van der Waals surface area contributed by atoms with Gasteiger partial charge in [-0.3, -0.25) is 0 Å². The summed E-state index contributed by atoms with van der Waals surface area (Å²) in [4.78, 5) is 0. The lowest BCUT2D eigenvalue weighted by molar-refractivity contribution is -0.184. The van der Waals surface area contributed by atoms with Gasteiger partial charge in [0, 0.05) is 12.5 Å². The molecule has 0 aromatic carbocycles. The molecule has 0 amide bonds. The summed E-state index contributed by atoms with van der Waals surface area (Å²) in [5, 5.41) is 19.2. The van der Waals surface area contributed by atoms with E-state index in [0.29, 0.717) is 23.4 Å². The van der Waals surface area contributed by atoms with Crippen LogP contribution in [0.5, 0.6) is 0 Å². The summed E-state index contributed by atoms with van der Waals surface area (Å²) in [6, 6.07) is 4.66. The minimum Gasteiger partial charge on any atom is -0.381 e. The Hall–Kier alpha value is -1.06. The Labute approximate surface area is 153 Å². The molecule has 0 N–H and O–H groups in total. The number of nitriles is 2. The lowest BCUT2D eigenvalue weighted by Gasteiger charge is -2.64. The molecule has 3 aliphatic rings. The van der Waals surface area contributed by atoms with E-state index in [1.54, 1.807) is 0 Å². The Kier molecular flexibility index (Phi) is 4.28. The first kappa shape index (κ1) is 18.7. The SMILES string of the molecule is CO[C@H]1CC[C@]2(C)[C@H]3CC[C@](C)(C(C#N)C#N)[C@]3(C)CC[C@H]2C1(C)C. The maximum Gasteiger partial charge on any atom is 0.139 e. The average Bonchev–Trinajstić information content (AvgIpc) is 2.82. The zero-order chi connectivity index (χ0) is 18.7. The van der Waals surface area contributed by atoms with Crippen LogP contribution in [0, 0.1) is 62.1 Å². The molecule has 0 radical (unpaired) electrons. The topological polar surface area (TPSA) is 56.8 Å². The van der Waals surface area contributed by atoms with Gasteiger partial charge in [-0.15, -0.1) is 0 Å². The minimum absolute atomic E-state index is 0.0877. The van der Waals surface area contributed by atoms with Crippen molar-refractivity contribution in [3.05, 3.63) is 0 Å². The van der Waals surface area contributed by atoms with E-state index in [9.17, 15) is 10.5 Å². The first-order chi connectivity index (χ1) is 11.6. The van der Waals surface area contributed by atoms with Crippen molar-refractivity contribution in [1.82, 2.24) is 0 Å². The Balaban J connectivity index is 2.02. The molecule has 0 spiro atoms. The van der Waals surface area contributed by atoms with Crippen LogP contribution in [0.3, 0.4) is 0 Å². The predicted molar refractivity (Wildman–Crippen MR) is 98.3 cm³/mol. The van der Waals surface area contributed by atoms with Gasteiger partial charge in [0.05, 0.1) is 18.2 Å². The van der Waals surface area contributed by atoms with Crippen molar-refractivity contribution in [3.63, 3.8) is 0 Å². The van der Waals surface area contributed by atoms with E-state index in [2.05, 4.69) is 46.8 Å². The molecule has 0 unspecified atom stereocenters. The third kappa shape index (κ3) is 2.18. The average molecular weight is 343 g/mol. The summed E-state index contributed by atoms with van der Waals surface area (Å²) in [5.41, 5.74) is 0.381. The van der Waals surface area contributed by atoms with Crippen LogP contribution < -0.4 is 0 Å². The van der Waals surface area contributed by atoms with Crippen molar-refractivity contribution in [2.75, 3.05) is 7.11 Å². The monoisotopic (exact) mass is 342 g/mol. The van der Waals surface area contributed by atoms with Gasteiger partial charge in [-0.1, -0.05) is 34.6 Å².